The van der Waals surface area contributed by atoms with Gasteiger partial charge >= 0.3 is 6.03 Å². The molecule has 3 saturated heterocycles. The van der Waals surface area contributed by atoms with Gasteiger partial charge in [0.1, 0.15) is 17.5 Å². The molecule has 344 valence electrons. The first-order valence-corrected chi connectivity index (χ1v) is 23.1. The Balaban J connectivity index is 0.000000232. The van der Waals surface area contributed by atoms with Crippen molar-refractivity contribution in [3.8, 4) is 0 Å². The molecule has 4 fully saturated rings. The van der Waals surface area contributed by atoms with E-state index >= 15 is 0 Å². The monoisotopic (exact) mass is 871 g/mol. The predicted octanol–water partition coefficient (Wildman–Crippen LogP) is 7.44. The smallest absolute Gasteiger partial charge is 0.329 e. The lowest BCUT2D eigenvalue weighted by atomic mass is 9.88. The van der Waals surface area contributed by atoms with E-state index in [4.69, 9.17) is 10.4 Å². The summed E-state index contributed by atoms with van der Waals surface area (Å²) in [5.74, 6) is 1.29. The minimum atomic E-state index is -0.553. The molecule has 7 rings (SSSR count). The number of rotatable bonds is 15. The van der Waals surface area contributed by atoms with Crippen molar-refractivity contribution in [1.29, 1.82) is 5.41 Å². The van der Waals surface area contributed by atoms with Crippen molar-refractivity contribution in [3.63, 3.8) is 0 Å². The number of piperidine rings is 2. The van der Waals surface area contributed by atoms with Crippen LogP contribution < -0.4 is 26.2 Å². The second-order valence-corrected chi connectivity index (χ2v) is 17.5. The lowest BCUT2D eigenvalue weighted by Crippen LogP contribution is -2.52. The summed E-state index contributed by atoms with van der Waals surface area (Å²) in [5, 5.41) is 30.7. The van der Waals surface area contributed by atoms with Gasteiger partial charge in [0.25, 0.3) is 0 Å². The third-order valence-corrected chi connectivity index (χ3v) is 12.5. The summed E-state index contributed by atoms with van der Waals surface area (Å²) in [7, 11) is 1.80. The van der Waals surface area contributed by atoms with Crippen molar-refractivity contribution < 1.29 is 23.9 Å². The van der Waals surface area contributed by atoms with Crippen LogP contribution >= 0.6 is 0 Å². The summed E-state index contributed by atoms with van der Waals surface area (Å²) in [5.41, 5.74) is 5.67. The van der Waals surface area contributed by atoms with Crippen molar-refractivity contribution >= 4 is 41.6 Å². The number of amides is 4. The first-order valence-electron chi connectivity index (χ1n) is 23.1. The summed E-state index contributed by atoms with van der Waals surface area (Å²) in [4.78, 5) is 50.5. The fourth-order valence-electron chi connectivity index (χ4n) is 8.81. The normalized spacial score (nSPS) is 18.7. The van der Waals surface area contributed by atoms with Crippen LogP contribution in [-0.4, -0.2) is 107 Å². The standard InChI is InChI=1S/C25H30FN5O2.C21H35N5O2.C2H6/c1-16-11-17(13-20(26)12-16)15-30-8-5-18(6-9-30)19-3-4-21(22(14-19)28-2)24(27)31-10-7-23(32)29-25(31)33;1-4-5-17(12-15(2)28)26(14-27)19-18(21(3)8-9-21)13-23-20(25-19)24-16-6-10-22-11-7-16;1-2/h3-4,11-14,18,27-28H,5-10,15H2,1-2H3,(H,29,32,33);13-17,22,28H,4-12H2,1-3H3,(H,23,24,25);1-2H3/t;15-,17?;/m.1./s1. The molecule has 63 heavy (non-hydrogen) atoms. The van der Waals surface area contributed by atoms with E-state index in [9.17, 15) is 23.9 Å². The van der Waals surface area contributed by atoms with Crippen LogP contribution in [0.5, 0.6) is 0 Å². The zero-order chi connectivity index (χ0) is 45.7. The Labute approximate surface area is 373 Å². The quantitative estimate of drug-likeness (QED) is 0.0511. The van der Waals surface area contributed by atoms with Crippen LogP contribution in [0.4, 0.5) is 26.6 Å². The molecule has 1 saturated carbocycles. The molecule has 2 aromatic carbocycles. The molecule has 14 nitrogen and oxygen atoms in total. The number of aromatic nitrogens is 2. The molecule has 0 spiro atoms. The highest BCUT2D eigenvalue weighted by molar-refractivity contribution is 6.12. The number of aryl methyl sites for hydroxylation is 1. The number of urea groups is 1. The molecule has 15 heteroatoms. The number of amidine groups is 1. The van der Waals surface area contributed by atoms with Gasteiger partial charge in [-0.15, -0.1) is 0 Å². The summed E-state index contributed by atoms with van der Waals surface area (Å²) in [6.07, 6.45) is 11.1. The van der Waals surface area contributed by atoms with E-state index in [-0.39, 0.29) is 42.0 Å². The minimum Gasteiger partial charge on any atom is -0.393 e. The highest BCUT2D eigenvalue weighted by Gasteiger charge is 2.43. The maximum atomic E-state index is 13.7. The van der Waals surface area contributed by atoms with E-state index in [0.29, 0.717) is 35.7 Å². The molecule has 1 aliphatic carbocycles. The van der Waals surface area contributed by atoms with Gasteiger partial charge < -0.3 is 21.1 Å². The average Bonchev–Trinajstić information content (AvgIpc) is 4.02. The maximum Gasteiger partial charge on any atom is 0.329 e. The van der Waals surface area contributed by atoms with E-state index in [1.54, 1.807) is 31.0 Å². The van der Waals surface area contributed by atoms with Crippen molar-refractivity contribution in [2.75, 3.05) is 55.3 Å². The lowest BCUT2D eigenvalue weighted by molar-refractivity contribution is -0.121. The number of halogens is 1. The van der Waals surface area contributed by atoms with Crippen LogP contribution in [0.3, 0.4) is 0 Å². The molecular weight excluding hydrogens is 800 g/mol. The van der Waals surface area contributed by atoms with Gasteiger partial charge in [-0.25, -0.2) is 14.2 Å². The maximum absolute atomic E-state index is 13.7. The van der Waals surface area contributed by atoms with Crippen LogP contribution in [0.1, 0.15) is 133 Å². The molecule has 0 bridgehead atoms. The molecule has 6 N–H and O–H groups in total. The van der Waals surface area contributed by atoms with Crippen molar-refractivity contribution in [2.24, 2.45) is 0 Å². The van der Waals surface area contributed by atoms with Gasteiger partial charge in [0.05, 0.1) is 6.10 Å². The number of likely N-dealkylation sites (tertiary alicyclic amines) is 1. The zero-order valence-corrected chi connectivity index (χ0v) is 38.5. The molecule has 4 amide bonds. The molecular formula is C48H71FN10O4. The fourth-order valence-corrected chi connectivity index (χ4v) is 8.81. The lowest BCUT2D eigenvalue weighted by Gasteiger charge is -2.33. The Kier molecular flexibility index (Phi) is 18.0. The topological polar surface area (TPSA) is 179 Å². The number of nitrogens with zero attached hydrogens (tertiary/aromatic N) is 5. The highest BCUT2D eigenvalue weighted by atomic mass is 19.1. The van der Waals surface area contributed by atoms with E-state index in [0.717, 1.165) is 113 Å². The number of benzene rings is 2. The van der Waals surface area contributed by atoms with Crippen LogP contribution in [-0.2, 0) is 21.5 Å². The van der Waals surface area contributed by atoms with E-state index in [1.807, 2.05) is 45.2 Å². The van der Waals surface area contributed by atoms with Crippen molar-refractivity contribution in [2.45, 2.75) is 142 Å². The molecule has 3 aliphatic heterocycles. The van der Waals surface area contributed by atoms with Crippen LogP contribution in [0.15, 0.2) is 42.6 Å². The molecule has 1 aromatic heterocycles. The van der Waals surface area contributed by atoms with Gasteiger partial charge in [-0.3, -0.25) is 35.0 Å². The van der Waals surface area contributed by atoms with E-state index < -0.39 is 12.1 Å². The Bertz CT molecular complexity index is 1990. The third kappa shape index (κ3) is 13.3. The number of aliphatic hydroxyl groups is 1. The largest absolute Gasteiger partial charge is 0.393 e. The molecule has 4 heterocycles. The van der Waals surface area contributed by atoms with Crippen molar-refractivity contribution in [3.05, 3.63) is 76.2 Å². The fraction of sp³-hybridized carbons (Fsp3) is 0.583. The molecule has 2 atom stereocenters. The second-order valence-electron chi connectivity index (χ2n) is 17.5. The minimum absolute atomic E-state index is 0.0471. The summed E-state index contributed by atoms with van der Waals surface area (Å²) in [6.45, 7) is 16.8. The number of aliphatic hydroxyl groups excluding tert-OH is 1. The number of carbonyl (C=O) groups excluding carboxylic acids is 3. The van der Waals surface area contributed by atoms with Crippen LogP contribution in [0.2, 0.25) is 0 Å². The summed E-state index contributed by atoms with van der Waals surface area (Å²) >= 11 is 0. The first kappa shape index (κ1) is 49.0. The highest BCUT2D eigenvalue weighted by Crippen LogP contribution is 2.50. The van der Waals surface area contributed by atoms with Gasteiger partial charge in [0, 0.05) is 61.7 Å². The second kappa shape index (κ2) is 23.1. The van der Waals surface area contributed by atoms with Crippen LogP contribution in [0, 0.1) is 18.2 Å². The molecule has 0 radical (unpaired) electrons. The molecule has 3 aromatic rings. The SMILES string of the molecule is CC.CCCC(C[C@@H](C)O)N(C=O)c1nc(NC2CCNCC2)ncc1C1(C)CC1.CNc1cc(C2CCN(Cc3cc(C)cc(F)c3)CC2)ccc1C(=N)N1CCC(=O)NC1=O. The Morgan fingerprint density at radius 2 is 1.81 bits per heavy atom. The van der Waals surface area contributed by atoms with E-state index in [1.165, 1.54) is 10.5 Å². The summed E-state index contributed by atoms with van der Waals surface area (Å²) in [6, 6.07) is 10.9. The van der Waals surface area contributed by atoms with Gasteiger partial charge in [0.2, 0.25) is 18.3 Å². The number of imide groups is 1. The van der Waals surface area contributed by atoms with Crippen molar-refractivity contribution in [1.82, 2.24) is 30.4 Å². The van der Waals surface area contributed by atoms with Gasteiger partial charge in [-0.2, -0.15) is 4.98 Å². The number of hydrogen-bond acceptors (Lipinski definition) is 11. The average molecular weight is 871 g/mol. The number of carbonyl (C=O) groups is 3. The van der Waals surface area contributed by atoms with Gasteiger partial charge in [-0.1, -0.05) is 46.2 Å². The first-order chi connectivity index (χ1) is 30.3. The van der Waals surface area contributed by atoms with Gasteiger partial charge in [0.15, 0.2) is 0 Å². The number of anilines is 3. The Morgan fingerprint density at radius 3 is 2.41 bits per heavy atom. The molecule has 1 unspecified atom stereocenters. The zero-order valence-electron chi connectivity index (χ0n) is 38.5. The van der Waals surface area contributed by atoms with E-state index in [2.05, 4.69) is 51.1 Å². The molecule has 4 aliphatic rings. The van der Waals surface area contributed by atoms with Gasteiger partial charge in [-0.05, 0) is 144 Å². The third-order valence-electron chi connectivity index (χ3n) is 12.5. The Morgan fingerprint density at radius 1 is 1.10 bits per heavy atom. The number of nitrogens with one attached hydrogen (secondary N) is 5. The van der Waals surface area contributed by atoms with Crippen LogP contribution in [0.25, 0.3) is 0 Å². The Hall–Kier alpha value is -4.99. The predicted molar refractivity (Wildman–Crippen MR) is 249 cm³/mol. The summed E-state index contributed by atoms with van der Waals surface area (Å²) < 4.78 is 13.7. The number of hydrogen-bond donors (Lipinski definition) is 6.